The Labute approximate surface area is 129 Å². The van der Waals surface area contributed by atoms with Crippen LogP contribution in [0.5, 0.6) is 0 Å². The fraction of sp³-hybridized carbons (Fsp3) is 1.00. The van der Waals surface area contributed by atoms with Gasteiger partial charge in [-0.25, -0.2) is 0 Å². The smallest absolute Gasteiger partial charge is 0.0349 e. The van der Waals surface area contributed by atoms with Crippen molar-refractivity contribution in [2.24, 2.45) is 47.3 Å². The Hall–Kier alpha value is 0. The summed E-state index contributed by atoms with van der Waals surface area (Å²) in [6.07, 6.45) is 5.78. The summed E-state index contributed by atoms with van der Waals surface area (Å²) in [7, 11) is 0. The highest BCUT2D eigenvalue weighted by Crippen LogP contribution is 2.57. The summed E-state index contributed by atoms with van der Waals surface area (Å²) >= 11 is 0. The first-order valence-electron chi connectivity index (χ1n) is 9.27. The number of hydrogen-bond acceptors (Lipinski definition) is 0. The lowest BCUT2D eigenvalue weighted by Gasteiger charge is -2.19. The van der Waals surface area contributed by atoms with Crippen LogP contribution < -0.4 is 0 Å². The van der Waals surface area contributed by atoms with Crippen molar-refractivity contribution in [3.8, 4) is 0 Å². The lowest BCUT2D eigenvalue weighted by molar-refractivity contribution is 0.315. The molecule has 0 radical (unpaired) electrons. The Bertz CT molecular complexity index is 265. The predicted octanol–water partition coefficient (Wildman–Crippen LogP) is 6.65. The number of rotatable bonds is 9. The van der Waals surface area contributed by atoms with Gasteiger partial charge in [0.1, 0.15) is 0 Å². The summed E-state index contributed by atoms with van der Waals surface area (Å²) in [6.45, 7) is 19.3. The molecule has 6 atom stereocenters. The molecule has 120 valence electrons. The van der Waals surface area contributed by atoms with Crippen molar-refractivity contribution in [3.63, 3.8) is 0 Å². The molecule has 1 aliphatic rings. The Morgan fingerprint density at radius 3 is 1.45 bits per heavy atom. The molecule has 0 amide bonds. The summed E-state index contributed by atoms with van der Waals surface area (Å²) in [5.74, 6) is 7.58. The van der Waals surface area contributed by atoms with E-state index < -0.39 is 0 Å². The van der Waals surface area contributed by atoms with Crippen LogP contribution in [0.2, 0.25) is 0 Å². The summed E-state index contributed by atoms with van der Waals surface area (Å²) < 4.78 is 0. The maximum atomic E-state index is 2.49. The van der Waals surface area contributed by atoms with Crippen LogP contribution in [0.3, 0.4) is 0 Å². The molecule has 0 nitrogen and oxygen atoms in total. The lowest BCUT2D eigenvalue weighted by atomic mass is 9.87. The highest BCUT2D eigenvalue weighted by Gasteiger charge is 2.49. The van der Waals surface area contributed by atoms with E-state index in [1.54, 1.807) is 0 Å². The molecule has 0 aromatic rings. The van der Waals surface area contributed by atoms with Crippen LogP contribution in [0.1, 0.15) is 81.1 Å². The zero-order valence-corrected chi connectivity index (χ0v) is 15.4. The molecule has 1 fully saturated rings. The van der Waals surface area contributed by atoms with Crippen LogP contribution in [-0.4, -0.2) is 0 Å². The second-order valence-electron chi connectivity index (χ2n) is 8.68. The average molecular weight is 281 g/mol. The van der Waals surface area contributed by atoms with E-state index in [2.05, 4.69) is 55.4 Å². The predicted molar refractivity (Wildman–Crippen MR) is 91.8 cm³/mol. The molecule has 20 heavy (non-hydrogen) atoms. The quantitative estimate of drug-likeness (QED) is 0.443. The molecule has 0 heteroatoms. The van der Waals surface area contributed by atoms with Crippen LogP contribution >= 0.6 is 0 Å². The van der Waals surface area contributed by atoms with Crippen molar-refractivity contribution in [1.29, 1.82) is 0 Å². The van der Waals surface area contributed by atoms with Crippen molar-refractivity contribution < 1.29 is 0 Å². The maximum absolute atomic E-state index is 2.49. The summed E-state index contributed by atoms with van der Waals surface area (Å²) in [5.41, 5.74) is 0. The van der Waals surface area contributed by atoms with Crippen LogP contribution in [0, 0.1) is 47.3 Å². The standard InChI is InChI=1S/C20H40/c1-9-15(6)17(8)12-20-18(10-13(2)3)19(20)11-16(7)14(4)5/h13-20H,9-12H2,1-8H3. The van der Waals surface area contributed by atoms with Gasteiger partial charge in [-0.2, -0.15) is 0 Å². The minimum atomic E-state index is 0.850. The topological polar surface area (TPSA) is 0 Å². The van der Waals surface area contributed by atoms with Gasteiger partial charge in [0.05, 0.1) is 0 Å². The van der Waals surface area contributed by atoms with E-state index in [4.69, 9.17) is 0 Å². The Morgan fingerprint density at radius 1 is 0.600 bits per heavy atom. The van der Waals surface area contributed by atoms with E-state index in [0.29, 0.717) is 0 Å². The molecule has 0 heterocycles. The minimum absolute atomic E-state index is 0.850. The lowest BCUT2D eigenvalue weighted by Crippen LogP contribution is -2.09. The van der Waals surface area contributed by atoms with E-state index in [-0.39, 0.29) is 0 Å². The highest BCUT2D eigenvalue weighted by atomic mass is 14.5. The van der Waals surface area contributed by atoms with Gasteiger partial charge in [0.15, 0.2) is 0 Å². The highest BCUT2D eigenvalue weighted by molar-refractivity contribution is 4.98. The molecular weight excluding hydrogens is 240 g/mol. The molecule has 0 bridgehead atoms. The van der Waals surface area contributed by atoms with Gasteiger partial charge in [0.25, 0.3) is 0 Å². The molecule has 1 saturated carbocycles. The second-order valence-corrected chi connectivity index (χ2v) is 8.68. The molecule has 1 aliphatic carbocycles. The van der Waals surface area contributed by atoms with Gasteiger partial charge in [-0.15, -0.1) is 0 Å². The zero-order chi connectivity index (χ0) is 15.4. The molecule has 0 aromatic heterocycles. The maximum Gasteiger partial charge on any atom is -0.0349 e. The Morgan fingerprint density at radius 2 is 1.05 bits per heavy atom. The van der Waals surface area contributed by atoms with Crippen LogP contribution in [0.15, 0.2) is 0 Å². The number of hydrogen-bond donors (Lipinski definition) is 0. The van der Waals surface area contributed by atoms with E-state index in [9.17, 15) is 0 Å². The van der Waals surface area contributed by atoms with Crippen molar-refractivity contribution in [2.45, 2.75) is 81.1 Å². The fourth-order valence-electron chi connectivity index (χ4n) is 3.88. The molecule has 0 saturated heterocycles. The zero-order valence-electron chi connectivity index (χ0n) is 15.4. The summed E-state index contributed by atoms with van der Waals surface area (Å²) in [5, 5.41) is 0. The van der Waals surface area contributed by atoms with Crippen molar-refractivity contribution in [2.75, 3.05) is 0 Å². The summed E-state index contributed by atoms with van der Waals surface area (Å²) in [6, 6.07) is 0. The first-order chi connectivity index (χ1) is 9.27. The van der Waals surface area contributed by atoms with Crippen LogP contribution in [-0.2, 0) is 0 Å². The Kier molecular flexibility index (Phi) is 7.09. The molecule has 1 rings (SSSR count). The summed E-state index contributed by atoms with van der Waals surface area (Å²) in [4.78, 5) is 0. The monoisotopic (exact) mass is 280 g/mol. The van der Waals surface area contributed by atoms with E-state index >= 15 is 0 Å². The van der Waals surface area contributed by atoms with Gasteiger partial charge in [-0.1, -0.05) is 61.8 Å². The van der Waals surface area contributed by atoms with Crippen molar-refractivity contribution >= 4 is 0 Å². The molecule has 0 aliphatic heterocycles. The fourth-order valence-corrected chi connectivity index (χ4v) is 3.88. The van der Waals surface area contributed by atoms with Crippen molar-refractivity contribution in [3.05, 3.63) is 0 Å². The third kappa shape index (κ3) is 5.08. The van der Waals surface area contributed by atoms with Gasteiger partial charge in [-0.3, -0.25) is 0 Å². The van der Waals surface area contributed by atoms with Gasteiger partial charge in [-0.05, 0) is 66.6 Å². The van der Waals surface area contributed by atoms with E-state index in [1.165, 1.54) is 25.7 Å². The van der Waals surface area contributed by atoms with Crippen LogP contribution in [0.4, 0.5) is 0 Å². The molecule has 0 aromatic carbocycles. The van der Waals surface area contributed by atoms with Gasteiger partial charge in [0, 0.05) is 0 Å². The minimum Gasteiger partial charge on any atom is -0.0651 e. The van der Waals surface area contributed by atoms with E-state index in [0.717, 1.165) is 47.3 Å². The van der Waals surface area contributed by atoms with Gasteiger partial charge >= 0.3 is 0 Å². The molecule has 0 N–H and O–H groups in total. The normalized spacial score (nSPS) is 30.6. The molecule has 6 unspecified atom stereocenters. The van der Waals surface area contributed by atoms with Crippen LogP contribution in [0.25, 0.3) is 0 Å². The third-order valence-electron chi connectivity index (χ3n) is 6.29. The largest absolute Gasteiger partial charge is 0.0651 e. The SMILES string of the molecule is CCC(C)C(C)CC1C(CC(C)C)C1CC(C)C(C)C. The van der Waals surface area contributed by atoms with E-state index in [1.807, 2.05) is 0 Å². The third-order valence-corrected chi connectivity index (χ3v) is 6.29. The second kappa shape index (κ2) is 7.85. The molecular formula is C20H40. The van der Waals surface area contributed by atoms with Gasteiger partial charge in [0.2, 0.25) is 0 Å². The van der Waals surface area contributed by atoms with Gasteiger partial charge < -0.3 is 0 Å². The molecule has 0 spiro atoms. The average Bonchev–Trinajstić information content (AvgIpc) is 2.98. The first kappa shape index (κ1) is 18.1. The van der Waals surface area contributed by atoms with Crippen molar-refractivity contribution in [1.82, 2.24) is 0 Å². The Balaban J connectivity index is 2.53. The first-order valence-corrected chi connectivity index (χ1v) is 9.27.